The number of benzene rings is 2. The quantitative estimate of drug-likeness (QED) is 0.659. The highest BCUT2D eigenvalue weighted by atomic mass is 16.4. The van der Waals surface area contributed by atoms with Crippen LogP contribution in [0.1, 0.15) is 21.5 Å². The minimum absolute atomic E-state index is 0.218. The summed E-state index contributed by atoms with van der Waals surface area (Å²) in [6.07, 6.45) is 1.79. The minimum atomic E-state index is -1.42. The summed E-state index contributed by atoms with van der Waals surface area (Å²) in [4.78, 5) is 21.8. The number of aliphatic carboxylic acids is 1. The number of aryl methyl sites for hydroxylation is 2. The second kappa shape index (κ2) is 5.96. The maximum absolute atomic E-state index is 11.2. The Hall–Kier alpha value is -2.42. The van der Waals surface area contributed by atoms with Crippen LogP contribution in [-0.4, -0.2) is 16.9 Å². The van der Waals surface area contributed by atoms with Crippen molar-refractivity contribution in [3.8, 4) is 0 Å². The van der Waals surface area contributed by atoms with Gasteiger partial charge in [0.2, 0.25) is 0 Å². The van der Waals surface area contributed by atoms with E-state index in [0.717, 1.165) is 18.4 Å². The van der Waals surface area contributed by atoms with Gasteiger partial charge in [-0.1, -0.05) is 54.6 Å². The third-order valence-corrected chi connectivity index (χ3v) is 2.96. The maximum Gasteiger partial charge on any atom is 0.377 e. The topological polar surface area (TPSA) is 54.4 Å². The lowest BCUT2D eigenvalue weighted by molar-refractivity contribution is -0.131. The van der Waals surface area contributed by atoms with Crippen LogP contribution in [0.4, 0.5) is 0 Å². The van der Waals surface area contributed by atoms with E-state index >= 15 is 0 Å². The molecule has 0 aliphatic rings. The van der Waals surface area contributed by atoms with Gasteiger partial charge in [0.25, 0.3) is 5.78 Å². The van der Waals surface area contributed by atoms with E-state index in [2.05, 4.69) is 12.1 Å². The summed E-state index contributed by atoms with van der Waals surface area (Å²) in [7, 11) is 0. The van der Waals surface area contributed by atoms with E-state index in [4.69, 9.17) is 5.11 Å². The largest absolute Gasteiger partial charge is 0.475 e. The monoisotopic (exact) mass is 254 g/mol. The molecule has 0 saturated heterocycles. The highest BCUT2D eigenvalue weighted by molar-refractivity contribution is 6.39. The van der Waals surface area contributed by atoms with E-state index < -0.39 is 11.8 Å². The fourth-order valence-electron chi connectivity index (χ4n) is 1.88. The zero-order chi connectivity index (χ0) is 13.7. The van der Waals surface area contributed by atoms with Gasteiger partial charge in [0, 0.05) is 5.56 Å². The van der Waals surface area contributed by atoms with Crippen molar-refractivity contribution < 1.29 is 14.7 Å². The molecule has 0 fully saturated rings. The Morgan fingerprint density at radius 1 is 0.789 bits per heavy atom. The number of hydrogen-bond donors (Lipinski definition) is 1. The van der Waals surface area contributed by atoms with Gasteiger partial charge in [-0.15, -0.1) is 0 Å². The van der Waals surface area contributed by atoms with Gasteiger partial charge in [-0.3, -0.25) is 4.79 Å². The van der Waals surface area contributed by atoms with Crippen LogP contribution in [0.25, 0.3) is 0 Å². The highest BCUT2D eigenvalue weighted by Gasteiger charge is 2.13. The van der Waals surface area contributed by atoms with E-state index in [1.165, 1.54) is 5.56 Å². The number of rotatable bonds is 5. The zero-order valence-electron chi connectivity index (χ0n) is 10.4. The Morgan fingerprint density at radius 2 is 1.32 bits per heavy atom. The molecule has 2 aromatic rings. The Morgan fingerprint density at radius 3 is 1.84 bits per heavy atom. The molecule has 2 aromatic carbocycles. The smallest absolute Gasteiger partial charge is 0.377 e. The fraction of sp³-hybridized carbons (Fsp3) is 0.125. The lowest BCUT2D eigenvalue weighted by Crippen LogP contribution is -2.12. The van der Waals surface area contributed by atoms with Crippen LogP contribution in [0, 0.1) is 0 Å². The van der Waals surface area contributed by atoms with Crippen LogP contribution in [-0.2, 0) is 17.6 Å². The van der Waals surface area contributed by atoms with Crippen LogP contribution in [0.15, 0.2) is 54.6 Å². The van der Waals surface area contributed by atoms with E-state index in [-0.39, 0.29) is 5.56 Å². The Balaban J connectivity index is 1.99. The fourth-order valence-corrected chi connectivity index (χ4v) is 1.88. The summed E-state index contributed by atoms with van der Waals surface area (Å²) in [6, 6.07) is 16.9. The Bertz CT molecular complexity index is 571. The van der Waals surface area contributed by atoms with Crippen molar-refractivity contribution in [3.05, 3.63) is 71.3 Å². The number of Topliss-reactive ketones (excluding diaryl/α,β-unsaturated/α-hetero) is 1. The standard InChI is InChI=1S/C16H14O3/c17-15(16(18)19)14-10-8-13(9-11-14)7-6-12-4-2-1-3-5-12/h1-5,8-11H,6-7H2,(H,18,19). The molecule has 0 radical (unpaired) electrons. The number of carbonyl (C=O) groups excluding carboxylic acids is 1. The summed E-state index contributed by atoms with van der Waals surface area (Å²) in [5.74, 6) is -2.29. The van der Waals surface area contributed by atoms with Gasteiger partial charge >= 0.3 is 5.97 Å². The predicted molar refractivity (Wildman–Crippen MR) is 72.3 cm³/mol. The molecule has 3 heteroatoms. The molecule has 0 amide bonds. The number of carbonyl (C=O) groups is 2. The first kappa shape index (κ1) is 13.0. The summed E-state index contributed by atoms with van der Waals surface area (Å²) >= 11 is 0. The molecule has 0 bridgehead atoms. The van der Waals surface area contributed by atoms with E-state index in [9.17, 15) is 9.59 Å². The lowest BCUT2D eigenvalue weighted by Gasteiger charge is -2.03. The van der Waals surface area contributed by atoms with Crippen molar-refractivity contribution in [2.45, 2.75) is 12.8 Å². The molecule has 0 aliphatic carbocycles. The second-order valence-corrected chi connectivity index (χ2v) is 4.32. The van der Waals surface area contributed by atoms with E-state index in [1.54, 1.807) is 24.3 Å². The van der Waals surface area contributed by atoms with Crippen molar-refractivity contribution in [1.82, 2.24) is 0 Å². The predicted octanol–water partition coefficient (Wildman–Crippen LogP) is 2.74. The molecule has 0 unspecified atom stereocenters. The van der Waals surface area contributed by atoms with Gasteiger partial charge in [0.05, 0.1) is 0 Å². The van der Waals surface area contributed by atoms with E-state index in [0.29, 0.717) is 0 Å². The van der Waals surface area contributed by atoms with Crippen molar-refractivity contribution in [1.29, 1.82) is 0 Å². The summed E-state index contributed by atoms with van der Waals surface area (Å²) < 4.78 is 0. The molecule has 0 aromatic heterocycles. The molecule has 0 heterocycles. The van der Waals surface area contributed by atoms with Gasteiger partial charge in [-0.05, 0) is 24.0 Å². The van der Waals surface area contributed by atoms with Crippen molar-refractivity contribution in [3.63, 3.8) is 0 Å². The lowest BCUT2D eigenvalue weighted by atomic mass is 10.0. The number of hydrogen-bond acceptors (Lipinski definition) is 2. The van der Waals surface area contributed by atoms with Crippen LogP contribution in [0.5, 0.6) is 0 Å². The van der Waals surface area contributed by atoms with Gasteiger partial charge in [-0.2, -0.15) is 0 Å². The van der Waals surface area contributed by atoms with Crippen LogP contribution >= 0.6 is 0 Å². The van der Waals surface area contributed by atoms with Gasteiger partial charge in [0.15, 0.2) is 0 Å². The molecule has 0 aliphatic heterocycles. The van der Waals surface area contributed by atoms with Crippen LogP contribution < -0.4 is 0 Å². The summed E-state index contributed by atoms with van der Waals surface area (Å²) in [5.41, 5.74) is 2.56. The van der Waals surface area contributed by atoms with Crippen molar-refractivity contribution in [2.24, 2.45) is 0 Å². The average Bonchev–Trinajstić information content (AvgIpc) is 2.46. The third kappa shape index (κ3) is 3.52. The Kier molecular flexibility index (Phi) is 4.08. The molecule has 1 N–H and O–H groups in total. The molecule has 19 heavy (non-hydrogen) atoms. The van der Waals surface area contributed by atoms with Crippen molar-refractivity contribution in [2.75, 3.05) is 0 Å². The Labute approximate surface area is 111 Å². The van der Waals surface area contributed by atoms with Gasteiger partial charge < -0.3 is 5.11 Å². The van der Waals surface area contributed by atoms with E-state index in [1.807, 2.05) is 18.2 Å². The van der Waals surface area contributed by atoms with Gasteiger partial charge in [0.1, 0.15) is 0 Å². The van der Waals surface area contributed by atoms with Gasteiger partial charge in [-0.25, -0.2) is 4.79 Å². The highest BCUT2D eigenvalue weighted by Crippen LogP contribution is 2.09. The zero-order valence-corrected chi connectivity index (χ0v) is 10.4. The van der Waals surface area contributed by atoms with Crippen molar-refractivity contribution >= 4 is 11.8 Å². The molecule has 2 rings (SSSR count). The molecule has 0 saturated carbocycles. The summed E-state index contributed by atoms with van der Waals surface area (Å²) in [6.45, 7) is 0. The van der Waals surface area contributed by atoms with Crippen LogP contribution in [0.3, 0.4) is 0 Å². The molecular weight excluding hydrogens is 240 g/mol. The SMILES string of the molecule is O=C(O)C(=O)c1ccc(CCc2ccccc2)cc1. The maximum atomic E-state index is 11.2. The molecule has 0 atom stereocenters. The first-order valence-corrected chi connectivity index (χ1v) is 6.07. The first-order chi connectivity index (χ1) is 9.16. The molecule has 0 spiro atoms. The average molecular weight is 254 g/mol. The molecule has 3 nitrogen and oxygen atoms in total. The number of ketones is 1. The van der Waals surface area contributed by atoms with Crippen LogP contribution in [0.2, 0.25) is 0 Å². The number of carboxylic acids is 1. The molecule has 96 valence electrons. The molecular formula is C16H14O3. The number of carboxylic acid groups (broad SMARTS) is 1. The minimum Gasteiger partial charge on any atom is -0.475 e. The first-order valence-electron chi connectivity index (χ1n) is 6.07. The third-order valence-electron chi connectivity index (χ3n) is 2.96. The summed E-state index contributed by atoms with van der Waals surface area (Å²) in [5, 5.41) is 8.61. The second-order valence-electron chi connectivity index (χ2n) is 4.32. The normalized spacial score (nSPS) is 10.1.